The van der Waals surface area contributed by atoms with Crippen molar-refractivity contribution in [3.63, 3.8) is 0 Å². The summed E-state index contributed by atoms with van der Waals surface area (Å²) in [5.74, 6) is -1.50. The summed E-state index contributed by atoms with van der Waals surface area (Å²) in [5, 5.41) is -0.243. The van der Waals surface area contributed by atoms with Gasteiger partial charge < -0.3 is 4.90 Å². The van der Waals surface area contributed by atoms with E-state index in [4.69, 9.17) is 40.5 Å². The fourth-order valence-corrected chi connectivity index (χ4v) is 5.17. The zero-order valence-corrected chi connectivity index (χ0v) is 16.9. The van der Waals surface area contributed by atoms with Crippen LogP contribution in [0.5, 0.6) is 0 Å². The number of anilines is 1. The summed E-state index contributed by atoms with van der Waals surface area (Å²) in [6.45, 7) is -0.148. The van der Waals surface area contributed by atoms with Crippen LogP contribution in [0.15, 0.2) is 0 Å². The van der Waals surface area contributed by atoms with Gasteiger partial charge in [-0.1, -0.05) is 0 Å². The summed E-state index contributed by atoms with van der Waals surface area (Å²) in [7, 11) is -6.83. The molecule has 14 heteroatoms. The summed E-state index contributed by atoms with van der Waals surface area (Å²) >= 11 is 16.6. The van der Waals surface area contributed by atoms with Crippen molar-refractivity contribution in [3.05, 3.63) is 5.28 Å². The Hall–Kier alpha value is -0.620. The number of nitrogens with one attached hydrogen (secondary N) is 1. The van der Waals surface area contributed by atoms with Crippen LogP contribution in [0.4, 0.5) is 11.9 Å². The Bertz CT molecular complexity index is 716. The van der Waals surface area contributed by atoms with E-state index in [1.165, 1.54) is 4.90 Å². The van der Waals surface area contributed by atoms with Gasteiger partial charge in [-0.05, 0) is 11.6 Å². The van der Waals surface area contributed by atoms with Crippen molar-refractivity contribution in [1.29, 1.82) is 0 Å². The van der Waals surface area contributed by atoms with Crippen molar-refractivity contribution in [1.82, 2.24) is 20.7 Å². The molecule has 0 unspecified atom stereocenters. The molecular formula is C11H17Cl3N5O4S2. The van der Waals surface area contributed by atoms with Crippen LogP contribution < -0.4 is 10.6 Å². The first-order chi connectivity index (χ1) is 11.6. The highest BCUT2D eigenvalue weighted by Gasteiger charge is 2.20. The second kappa shape index (κ2) is 9.91. The normalized spacial score (nSPS) is 12.3. The smallest absolute Gasteiger partial charge is 0.247 e. The first kappa shape index (κ1) is 22.4. The van der Waals surface area contributed by atoms with Gasteiger partial charge in [0.15, 0.2) is 19.7 Å². The molecule has 0 spiro atoms. The summed E-state index contributed by atoms with van der Waals surface area (Å²) in [4.78, 5) is 12.4. The van der Waals surface area contributed by atoms with E-state index in [-0.39, 0.29) is 59.1 Å². The summed E-state index contributed by atoms with van der Waals surface area (Å²) in [6.07, 6.45) is 0. The van der Waals surface area contributed by atoms with E-state index < -0.39 is 25.6 Å². The van der Waals surface area contributed by atoms with E-state index in [0.29, 0.717) is 0 Å². The maximum atomic E-state index is 11.8. The number of nitrogens with zero attached hydrogens (tertiary/aromatic N) is 4. The second-order valence-corrected chi connectivity index (χ2v) is 10.6. The predicted octanol–water partition coefficient (Wildman–Crippen LogP) is 0.553. The topological polar surface area (TPSA) is 134 Å². The maximum absolute atomic E-state index is 11.8. The summed E-state index contributed by atoms with van der Waals surface area (Å²) < 4.78 is 47.4. The number of alkyl halides is 2. The molecule has 9 nitrogen and oxygen atoms in total. The van der Waals surface area contributed by atoms with E-state index in [1.807, 2.05) is 0 Å². The molecule has 0 amide bonds. The molecule has 1 aromatic heterocycles. The highest BCUT2D eigenvalue weighted by Crippen LogP contribution is 2.13. The van der Waals surface area contributed by atoms with Crippen LogP contribution in [0.25, 0.3) is 0 Å². The monoisotopic (exact) mass is 452 g/mol. The van der Waals surface area contributed by atoms with E-state index in [1.54, 1.807) is 0 Å². The highest BCUT2D eigenvalue weighted by atomic mass is 35.5. The zero-order chi connectivity index (χ0) is 19.1. The van der Waals surface area contributed by atoms with Gasteiger partial charge in [-0.2, -0.15) is 15.0 Å². The van der Waals surface area contributed by atoms with Crippen molar-refractivity contribution >= 4 is 66.4 Å². The minimum absolute atomic E-state index is 0.0408. The van der Waals surface area contributed by atoms with Crippen molar-refractivity contribution in [2.45, 2.75) is 0 Å². The number of rotatable bonds is 11. The molecule has 1 radical (unpaired) electrons. The molecule has 0 saturated carbocycles. The Morgan fingerprint density at radius 3 is 1.72 bits per heavy atom. The van der Waals surface area contributed by atoms with Crippen molar-refractivity contribution in [3.8, 4) is 0 Å². The molecule has 0 saturated heterocycles. The molecule has 143 valence electrons. The standard InChI is InChI=1S/C11H17Cl3N5O4S2/c12-1-5-24(20,21)7-3-19(4-8-25(22,23)6-2-13)11-17-9(14)16-10(15)18-11/h15H,1-8H2. The van der Waals surface area contributed by atoms with Crippen LogP contribution >= 0.6 is 34.8 Å². The summed E-state index contributed by atoms with van der Waals surface area (Å²) in [6, 6.07) is 0. The van der Waals surface area contributed by atoms with Crippen LogP contribution in [-0.2, 0) is 19.7 Å². The molecule has 0 aromatic carbocycles. The SMILES string of the molecule is [NH]c1nc(Cl)nc(N(CCS(=O)(=O)CCCl)CCS(=O)(=O)CCCl)n1. The van der Waals surface area contributed by atoms with E-state index >= 15 is 0 Å². The Morgan fingerprint density at radius 2 is 1.32 bits per heavy atom. The number of aromatic nitrogens is 3. The molecule has 0 aliphatic heterocycles. The maximum Gasteiger partial charge on any atom is 0.247 e. The molecule has 0 aliphatic rings. The van der Waals surface area contributed by atoms with Crippen molar-refractivity contribution in [2.24, 2.45) is 0 Å². The quantitative estimate of drug-likeness (QED) is 0.443. The van der Waals surface area contributed by atoms with Gasteiger partial charge in [0, 0.05) is 24.8 Å². The summed E-state index contributed by atoms with van der Waals surface area (Å²) in [5.41, 5.74) is 7.47. The van der Waals surface area contributed by atoms with Crippen molar-refractivity contribution < 1.29 is 16.8 Å². The molecule has 0 atom stereocenters. The second-order valence-electron chi connectivity index (χ2n) is 4.90. The number of hydrogen-bond acceptors (Lipinski definition) is 8. The van der Waals surface area contributed by atoms with Crippen LogP contribution in [0.3, 0.4) is 0 Å². The molecule has 25 heavy (non-hydrogen) atoms. The molecule has 0 bridgehead atoms. The highest BCUT2D eigenvalue weighted by molar-refractivity contribution is 7.91. The molecule has 0 aliphatic carbocycles. The molecule has 1 rings (SSSR count). The Kier molecular flexibility index (Phi) is 8.89. The minimum atomic E-state index is -3.41. The Labute approximate surface area is 161 Å². The molecule has 1 heterocycles. The fourth-order valence-electron chi connectivity index (χ4n) is 1.73. The third kappa shape index (κ3) is 8.54. The van der Waals surface area contributed by atoms with Crippen molar-refractivity contribution in [2.75, 3.05) is 52.8 Å². The van der Waals surface area contributed by atoms with Crippen LogP contribution in [0.2, 0.25) is 5.28 Å². The zero-order valence-electron chi connectivity index (χ0n) is 13.0. The van der Waals surface area contributed by atoms with Gasteiger partial charge in [-0.15, -0.1) is 23.2 Å². The Morgan fingerprint density at radius 1 is 0.840 bits per heavy atom. The minimum Gasteiger partial charge on any atom is -0.339 e. The van der Waals surface area contributed by atoms with Gasteiger partial charge in [-0.3, -0.25) is 5.73 Å². The lowest BCUT2D eigenvalue weighted by Crippen LogP contribution is -2.36. The molecule has 1 aromatic rings. The average Bonchev–Trinajstić information content (AvgIpc) is 2.45. The largest absolute Gasteiger partial charge is 0.339 e. The van der Waals surface area contributed by atoms with Gasteiger partial charge in [0.1, 0.15) is 0 Å². The van der Waals surface area contributed by atoms with Crippen LogP contribution in [0.1, 0.15) is 0 Å². The van der Waals surface area contributed by atoms with Gasteiger partial charge in [-0.25, -0.2) is 16.8 Å². The first-order valence-corrected chi connectivity index (χ1v) is 12.1. The number of hydrogen-bond donors (Lipinski definition) is 0. The third-order valence-corrected chi connectivity index (χ3v) is 7.26. The van der Waals surface area contributed by atoms with Gasteiger partial charge in [0.25, 0.3) is 0 Å². The van der Waals surface area contributed by atoms with Gasteiger partial charge in [0.2, 0.25) is 17.2 Å². The lowest BCUT2D eigenvalue weighted by molar-refractivity contribution is 0.594. The number of halogens is 3. The Balaban J connectivity index is 2.97. The van der Waals surface area contributed by atoms with Crippen LogP contribution in [0, 0.1) is 0 Å². The van der Waals surface area contributed by atoms with E-state index in [9.17, 15) is 16.8 Å². The van der Waals surface area contributed by atoms with Crippen LogP contribution in [-0.4, -0.2) is 79.6 Å². The lowest BCUT2D eigenvalue weighted by Gasteiger charge is -2.22. The molecule has 1 N–H and O–H groups in total. The third-order valence-electron chi connectivity index (χ3n) is 3.00. The number of sulfone groups is 2. The van der Waals surface area contributed by atoms with E-state index in [2.05, 4.69) is 15.0 Å². The first-order valence-electron chi connectivity index (χ1n) is 6.99. The van der Waals surface area contributed by atoms with Gasteiger partial charge in [0.05, 0.1) is 23.0 Å². The lowest BCUT2D eigenvalue weighted by atomic mass is 10.5. The fraction of sp³-hybridized carbons (Fsp3) is 0.727. The predicted molar refractivity (Wildman–Crippen MR) is 98.6 cm³/mol. The van der Waals surface area contributed by atoms with E-state index in [0.717, 1.165) is 0 Å². The molecular weight excluding hydrogens is 437 g/mol. The molecule has 0 fully saturated rings. The van der Waals surface area contributed by atoms with Gasteiger partial charge >= 0.3 is 0 Å². The average molecular weight is 454 g/mol.